The average Bonchev–Trinajstić information content (AvgIpc) is 2.72. The highest BCUT2D eigenvalue weighted by Gasteiger charge is 2.24. The predicted molar refractivity (Wildman–Crippen MR) is 119 cm³/mol. The molecule has 0 unspecified atom stereocenters. The molecule has 0 aromatic carbocycles. The van der Waals surface area contributed by atoms with E-state index in [1.807, 2.05) is 15.7 Å². The summed E-state index contributed by atoms with van der Waals surface area (Å²) in [4.78, 5) is 20.9. The van der Waals surface area contributed by atoms with Gasteiger partial charge in [0.25, 0.3) is 0 Å². The van der Waals surface area contributed by atoms with E-state index in [1.165, 1.54) is 0 Å². The molecule has 1 aromatic heterocycles. The van der Waals surface area contributed by atoms with Crippen molar-refractivity contribution < 1.29 is 19.7 Å². The third-order valence-electron chi connectivity index (χ3n) is 4.88. The van der Waals surface area contributed by atoms with E-state index in [1.54, 1.807) is 22.9 Å². The van der Waals surface area contributed by atoms with Crippen molar-refractivity contribution in [2.75, 3.05) is 45.6 Å². The molecule has 1 aliphatic rings. The molecule has 2 heterocycles. The van der Waals surface area contributed by atoms with Crippen LogP contribution in [-0.4, -0.2) is 81.2 Å². The minimum Gasteiger partial charge on any atom is -0.492 e. The molecule has 164 valence electrons. The minimum atomic E-state index is -0.187. The van der Waals surface area contributed by atoms with E-state index >= 15 is 0 Å². The third kappa shape index (κ3) is 8.33. The number of hydrogen-bond acceptors (Lipinski definition) is 8. The van der Waals surface area contributed by atoms with Crippen molar-refractivity contribution in [2.45, 2.75) is 44.6 Å². The van der Waals surface area contributed by atoms with E-state index < -0.39 is 0 Å². The first kappa shape index (κ1) is 24.3. The van der Waals surface area contributed by atoms with Crippen molar-refractivity contribution in [3.8, 4) is 5.75 Å². The SMILES string of the molecule is CSSC(C)(C)CCC(=O)N1CCN(CCOc2cc(CO)nc(CO)c2)CC1. The number of piperazine rings is 1. The number of ether oxygens (including phenoxy) is 1. The first-order valence-electron chi connectivity index (χ1n) is 9.93. The first-order chi connectivity index (χ1) is 13.9. The number of aliphatic hydroxyl groups excluding tert-OH is 2. The van der Waals surface area contributed by atoms with Crippen LogP contribution in [0, 0.1) is 0 Å². The summed E-state index contributed by atoms with van der Waals surface area (Å²) in [6.45, 7) is 8.49. The number of carbonyl (C=O) groups is 1. The molecule has 1 aromatic rings. The number of pyridine rings is 1. The van der Waals surface area contributed by atoms with Gasteiger partial charge < -0.3 is 19.8 Å². The molecule has 1 saturated heterocycles. The second-order valence-electron chi connectivity index (χ2n) is 7.68. The van der Waals surface area contributed by atoms with Crippen molar-refractivity contribution in [3.63, 3.8) is 0 Å². The molecule has 0 bridgehead atoms. The summed E-state index contributed by atoms with van der Waals surface area (Å²) < 4.78 is 5.90. The van der Waals surface area contributed by atoms with Crippen LogP contribution < -0.4 is 4.74 Å². The van der Waals surface area contributed by atoms with Crippen LogP contribution >= 0.6 is 21.6 Å². The predicted octanol–water partition coefficient (Wildman–Crippen LogP) is 2.16. The van der Waals surface area contributed by atoms with Crippen molar-refractivity contribution >= 4 is 27.5 Å². The Bertz CT molecular complexity index is 630. The lowest BCUT2D eigenvalue weighted by Crippen LogP contribution is -2.49. The molecule has 0 saturated carbocycles. The summed E-state index contributed by atoms with van der Waals surface area (Å²) in [7, 11) is 3.58. The fraction of sp³-hybridized carbons (Fsp3) is 0.700. The van der Waals surface area contributed by atoms with Gasteiger partial charge in [0.2, 0.25) is 5.91 Å². The fourth-order valence-electron chi connectivity index (χ4n) is 3.21. The average molecular weight is 444 g/mol. The minimum absolute atomic E-state index is 0.118. The van der Waals surface area contributed by atoms with E-state index in [0.29, 0.717) is 30.2 Å². The fourth-order valence-corrected chi connectivity index (χ4v) is 5.45. The monoisotopic (exact) mass is 443 g/mol. The van der Waals surface area contributed by atoms with Crippen molar-refractivity contribution in [1.29, 1.82) is 0 Å². The van der Waals surface area contributed by atoms with Gasteiger partial charge in [-0.2, -0.15) is 0 Å². The van der Waals surface area contributed by atoms with Crippen LogP contribution in [0.3, 0.4) is 0 Å². The van der Waals surface area contributed by atoms with Gasteiger partial charge in [-0.1, -0.05) is 21.6 Å². The molecule has 1 aliphatic heterocycles. The molecule has 0 aliphatic carbocycles. The first-order valence-corrected chi connectivity index (χ1v) is 12.5. The summed E-state index contributed by atoms with van der Waals surface area (Å²) in [5.74, 6) is 0.855. The van der Waals surface area contributed by atoms with Gasteiger partial charge in [0.05, 0.1) is 24.6 Å². The Hall–Kier alpha value is -1.00. The normalized spacial score (nSPS) is 15.6. The molecule has 29 heavy (non-hydrogen) atoms. The number of rotatable bonds is 11. The smallest absolute Gasteiger partial charge is 0.222 e. The van der Waals surface area contributed by atoms with Gasteiger partial charge in [0.15, 0.2) is 0 Å². The summed E-state index contributed by atoms with van der Waals surface area (Å²) in [6.07, 6.45) is 3.57. The van der Waals surface area contributed by atoms with Crippen molar-refractivity contribution in [3.05, 3.63) is 23.5 Å². The zero-order valence-electron chi connectivity index (χ0n) is 17.6. The van der Waals surface area contributed by atoms with Gasteiger partial charge in [-0.3, -0.25) is 14.7 Å². The molecule has 1 amide bonds. The number of nitrogens with zero attached hydrogens (tertiary/aromatic N) is 3. The highest BCUT2D eigenvalue weighted by molar-refractivity contribution is 8.76. The summed E-state index contributed by atoms with van der Waals surface area (Å²) in [5.41, 5.74) is 0.968. The molecular weight excluding hydrogens is 410 g/mol. The molecule has 2 rings (SSSR count). The number of hydrogen-bond donors (Lipinski definition) is 2. The maximum atomic E-state index is 12.5. The Morgan fingerprint density at radius 3 is 2.34 bits per heavy atom. The number of aliphatic hydroxyl groups is 2. The molecule has 7 nitrogen and oxygen atoms in total. The van der Waals surface area contributed by atoms with Gasteiger partial charge in [0.1, 0.15) is 12.4 Å². The molecule has 0 atom stereocenters. The van der Waals surface area contributed by atoms with Crippen molar-refractivity contribution in [1.82, 2.24) is 14.8 Å². The Morgan fingerprint density at radius 1 is 1.17 bits per heavy atom. The Kier molecular flexibility index (Phi) is 10.0. The lowest BCUT2D eigenvalue weighted by atomic mass is 10.1. The van der Waals surface area contributed by atoms with Crippen LogP contribution in [0.1, 0.15) is 38.1 Å². The van der Waals surface area contributed by atoms with Crippen LogP contribution in [0.2, 0.25) is 0 Å². The zero-order valence-corrected chi connectivity index (χ0v) is 19.2. The lowest BCUT2D eigenvalue weighted by molar-refractivity contribution is -0.133. The molecule has 1 fully saturated rings. The van der Waals surface area contributed by atoms with E-state index in [-0.39, 0.29) is 23.9 Å². The standard InChI is InChI=1S/C20H33N3O4S2/c1-20(2,29-28-3)5-4-19(26)23-8-6-22(7-9-23)10-11-27-18-12-16(14-24)21-17(13-18)15-25/h12-13,24-25H,4-11,14-15H2,1-3H3. The lowest BCUT2D eigenvalue weighted by Gasteiger charge is -2.35. The summed E-state index contributed by atoms with van der Waals surface area (Å²) in [5, 5.41) is 18.5. The second-order valence-corrected chi connectivity index (χ2v) is 10.8. The van der Waals surface area contributed by atoms with Gasteiger partial charge >= 0.3 is 0 Å². The van der Waals surface area contributed by atoms with Crippen LogP contribution in [0.5, 0.6) is 5.75 Å². The molecule has 2 N–H and O–H groups in total. The maximum Gasteiger partial charge on any atom is 0.222 e. The molecule has 9 heteroatoms. The Labute approximate surface area is 181 Å². The van der Waals surface area contributed by atoms with E-state index in [0.717, 1.165) is 39.1 Å². The van der Waals surface area contributed by atoms with E-state index in [9.17, 15) is 15.0 Å². The topological polar surface area (TPSA) is 86.1 Å². The summed E-state index contributed by atoms with van der Waals surface area (Å²) >= 11 is 0. The highest BCUT2D eigenvalue weighted by Crippen LogP contribution is 2.37. The maximum absolute atomic E-state index is 12.5. The zero-order chi connectivity index (χ0) is 21.3. The van der Waals surface area contributed by atoms with E-state index in [2.05, 4.69) is 30.0 Å². The van der Waals surface area contributed by atoms with Crippen LogP contribution in [-0.2, 0) is 18.0 Å². The van der Waals surface area contributed by atoms with Crippen LogP contribution in [0.25, 0.3) is 0 Å². The quantitative estimate of drug-likeness (QED) is 0.503. The van der Waals surface area contributed by atoms with Crippen LogP contribution in [0.15, 0.2) is 12.1 Å². The van der Waals surface area contributed by atoms with Gasteiger partial charge in [-0.05, 0) is 26.5 Å². The second kappa shape index (κ2) is 12.0. The molecule has 0 spiro atoms. The number of carbonyl (C=O) groups excluding carboxylic acids is 1. The Morgan fingerprint density at radius 2 is 1.79 bits per heavy atom. The number of aromatic nitrogens is 1. The highest BCUT2D eigenvalue weighted by atomic mass is 33.1. The third-order valence-corrected chi connectivity index (χ3v) is 7.56. The summed E-state index contributed by atoms with van der Waals surface area (Å²) in [6, 6.07) is 3.37. The van der Waals surface area contributed by atoms with E-state index in [4.69, 9.17) is 4.74 Å². The van der Waals surface area contributed by atoms with Gasteiger partial charge in [-0.15, -0.1) is 0 Å². The molecular formula is C20H33N3O4S2. The van der Waals surface area contributed by atoms with Gasteiger partial charge in [-0.25, -0.2) is 0 Å². The number of amides is 1. The molecule has 0 radical (unpaired) electrons. The van der Waals surface area contributed by atoms with Gasteiger partial charge in [0, 0.05) is 56.0 Å². The Balaban J connectivity index is 1.70. The van der Waals surface area contributed by atoms with Crippen molar-refractivity contribution in [2.24, 2.45) is 0 Å². The van der Waals surface area contributed by atoms with Crippen LogP contribution in [0.4, 0.5) is 0 Å². The largest absolute Gasteiger partial charge is 0.492 e.